The second kappa shape index (κ2) is 5.40. The molecule has 0 atom stereocenters. The van der Waals surface area contributed by atoms with E-state index >= 15 is 0 Å². The van der Waals surface area contributed by atoms with Gasteiger partial charge in [0.2, 0.25) is 0 Å². The van der Waals surface area contributed by atoms with Crippen LogP contribution in [0.2, 0.25) is 0 Å². The van der Waals surface area contributed by atoms with Gasteiger partial charge in [-0.1, -0.05) is 18.2 Å². The zero-order valence-corrected chi connectivity index (χ0v) is 13.0. The van der Waals surface area contributed by atoms with Crippen molar-refractivity contribution in [2.24, 2.45) is 0 Å². The molecule has 0 saturated carbocycles. The first-order chi connectivity index (χ1) is 11.2. The standard InChI is InChI=1S/C17H12N2O3S/c1-10-12(6-7-21-10)16(20)19-17-18-13(9-23-17)15-8-11-4-2-3-5-14(11)22-15/h2-9H,1H3,(H,18,19,20). The van der Waals surface area contributed by atoms with E-state index in [9.17, 15) is 4.79 Å². The number of rotatable bonds is 3. The highest BCUT2D eigenvalue weighted by molar-refractivity contribution is 7.14. The van der Waals surface area contributed by atoms with Crippen molar-refractivity contribution < 1.29 is 13.6 Å². The van der Waals surface area contributed by atoms with Crippen LogP contribution in [-0.2, 0) is 0 Å². The van der Waals surface area contributed by atoms with Gasteiger partial charge in [0.05, 0.1) is 11.8 Å². The van der Waals surface area contributed by atoms with Gasteiger partial charge in [0.1, 0.15) is 17.0 Å². The Morgan fingerprint density at radius 1 is 1.26 bits per heavy atom. The minimum atomic E-state index is -0.234. The van der Waals surface area contributed by atoms with Gasteiger partial charge in [-0.2, -0.15) is 0 Å². The number of nitrogens with one attached hydrogen (secondary N) is 1. The summed E-state index contributed by atoms with van der Waals surface area (Å²) < 4.78 is 10.9. The van der Waals surface area contributed by atoms with Gasteiger partial charge < -0.3 is 8.83 Å². The van der Waals surface area contributed by atoms with Crippen LogP contribution in [0.1, 0.15) is 16.1 Å². The zero-order chi connectivity index (χ0) is 15.8. The van der Waals surface area contributed by atoms with Crippen molar-refractivity contribution in [3.63, 3.8) is 0 Å². The lowest BCUT2D eigenvalue weighted by Crippen LogP contribution is -2.11. The molecule has 0 fully saturated rings. The van der Waals surface area contributed by atoms with E-state index in [1.54, 1.807) is 13.0 Å². The molecule has 0 aliphatic heterocycles. The maximum atomic E-state index is 12.2. The normalized spacial score (nSPS) is 11.0. The third kappa shape index (κ3) is 2.53. The molecule has 0 bridgehead atoms. The van der Waals surface area contributed by atoms with Gasteiger partial charge in [-0.25, -0.2) is 4.98 Å². The fraction of sp³-hybridized carbons (Fsp3) is 0.0588. The van der Waals surface area contributed by atoms with E-state index in [0.717, 1.165) is 11.0 Å². The molecule has 1 aromatic carbocycles. The topological polar surface area (TPSA) is 68.3 Å². The predicted molar refractivity (Wildman–Crippen MR) is 88.7 cm³/mol. The Bertz CT molecular complexity index is 963. The molecular weight excluding hydrogens is 312 g/mol. The maximum absolute atomic E-state index is 12.2. The van der Waals surface area contributed by atoms with E-state index in [1.165, 1.54) is 17.6 Å². The number of benzene rings is 1. The Hall–Kier alpha value is -2.86. The first kappa shape index (κ1) is 13.8. The molecule has 0 aliphatic rings. The van der Waals surface area contributed by atoms with Gasteiger partial charge in [-0.15, -0.1) is 11.3 Å². The largest absolute Gasteiger partial charge is 0.469 e. The number of carbonyl (C=O) groups excluding carboxylic acids is 1. The maximum Gasteiger partial charge on any atom is 0.260 e. The summed E-state index contributed by atoms with van der Waals surface area (Å²) in [5.74, 6) is 1.03. The molecule has 1 amide bonds. The number of thiazole rings is 1. The second-order valence-electron chi connectivity index (χ2n) is 5.03. The average molecular weight is 324 g/mol. The molecule has 1 N–H and O–H groups in total. The number of fused-ring (bicyclic) bond motifs is 1. The number of aryl methyl sites for hydroxylation is 1. The minimum Gasteiger partial charge on any atom is -0.469 e. The van der Waals surface area contributed by atoms with Crippen LogP contribution in [0.3, 0.4) is 0 Å². The molecule has 0 spiro atoms. The molecule has 0 aliphatic carbocycles. The van der Waals surface area contributed by atoms with Crippen molar-refractivity contribution in [2.75, 3.05) is 5.32 Å². The van der Waals surface area contributed by atoms with Crippen molar-refractivity contribution in [3.8, 4) is 11.5 Å². The van der Waals surface area contributed by atoms with E-state index in [2.05, 4.69) is 10.3 Å². The Morgan fingerprint density at radius 2 is 2.13 bits per heavy atom. The average Bonchev–Trinajstić information content (AvgIpc) is 3.25. The van der Waals surface area contributed by atoms with E-state index in [4.69, 9.17) is 8.83 Å². The van der Waals surface area contributed by atoms with Gasteiger partial charge in [-0.05, 0) is 25.1 Å². The SMILES string of the molecule is Cc1occc1C(=O)Nc1nc(-c2cc3ccccc3o2)cs1. The summed E-state index contributed by atoms with van der Waals surface area (Å²) in [7, 11) is 0. The third-order valence-electron chi connectivity index (χ3n) is 3.51. The molecule has 0 saturated heterocycles. The molecule has 4 aromatic rings. The lowest BCUT2D eigenvalue weighted by Gasteiger charge is -1.99. The van der Waals surface area contributed by atoms with Crippen LogP contribution >= 0.6 is 11.3 Å². The summed E-state index contributed by atoms with van der Waals surface area (Å²) in [4.78, 5) is 16.6. The molecule has 23 heavy (non-hydrogen) atoms. The van der Waals surface area contributed by atoms with E-state index in [-0.39, 0.29) is 5.91 Å². The molecule has 4 rings (SSSR count). The number of hydrogen-bond acceptors (Lipinski definition) is 5. The Kier molecular flexibility index (Phi) is 3.24. The molecule has 5 nitrogen and oxygen atoms in total. The summed E-state index contributed by atoms with van der Waals surface area (Å²) in [6.45, 7) is 1.75. The Balaban J connectivity index is 1.59. The second-order valence-corrected chi connectivity index (χ2v) is 5.89. The summed E-state index contributed by atoms with van der Waals surface area (Å²) in [5.41, 5.74) is 2.02. The van der Waals surface area contributed by atoms with Crippen molar-refractivity contribution in [3.05, 3.63) is 59.4 Å². The molecular formula is C17H12N2O3S. The van der Waals surface area contributed by atoms with Crippen molar-refractivity contribution in [2.45, 2.75) is 6.92 Å². The molecule has 0 unspecified atom stereocenters. The fourth-order valence-electron chi connectivity index (χ4n) is 2.34. The number of nitrogens with zero attached hydrogens (tertiary/aromatic N) is 1. The molecule has 3 heterocycles. The smallest absolute Gasteiger partial charge is 0.260 e. The quantitative estimate of drug-likeness (QED) is 0.592. The number of hydrogen-bond donors (Lipinski definition) is 1. The van der Waals surface area contributed by atoms with Gasteiger partial charge in [0.25, 0.3) is 5.91 Å². The number of carbonyl (C=O) groups is 1. The molecule has 0 radical (unpaired) electrons. The van der Waals surface area contributed by atoms with Crippen LogP contribution in [0.25, 0.3) is 22.4 Å². The van der Waals surface area contributed by atoms with Crippen LogP contribution in [0.15, 0.2) is 56.9 Å². The number of anilines is 1. The number of furan rings is 2. The number of amides is 1. The lowest BCUT2D eigenvalue weighted by atomic mass is 10.2. The van der Waals surface area contributed by atoms with Gasteiger partial charge in [0.15, 0.2) is 10.9 Å². The summed E-state index contributed by atoms with van der Waals surface area (Å²) in [6.07, 6.45) is 1.49. The molecule has 6 heteroatoms. The van der Waals surface area contributed by atoms with E-state index in [1.807, 2.05) is 35.7 Å². The highest BCUT2D eigenvalue weighted by Crippen LogP contribution is 2.30. The lowest BCUT2D eigenvalue weighted by molar-refractivity contribution is 0.102. The van der Waals surface area contributed by atoms with E-state index < -0.39 is 0 Å². The Labute approximate surface area is 135 Å². The van der Waals surface area contributed by atoms with E-state index in [0.29, 0.717) is 27.9 Å². The molecule has 3 aromatic heterocycles. The first-order valence-electron chi connectivity index (χ1n) is 7.00. The predicted octanol–water partition coefficient (Wildman–Crippen LogP) is 4.71. The van der Waals surface area contributed by atoms with Gasteiger partial charge >= 0.3 is 0 Å². The first-order valence-corrected chi connectivity index (χ1v) is 7.88. The fourth-order valence-corrected chi connectivity index (χ4v) is 3.03. The third-order valence-corrected chi connectivity index (χ3v) is 4.26. The highest BCUT2D eigenvalue weighted by atomic mass is 32.1. The van der Waals surface area contributed by atoms with Gasteiger partial charge in [-0.3, -0.25) is 10.1 Å². The van der Waals surface area contributed by atoms with Crippen molar-refractivity contribution >= 4 is 33.3 Å². The summed E-state index contributed by atoms with van der Waals surface area (Å²) >= 11 is 1.35. The summed E-state index contributed by atoms with van der Waals surface area (Å²) in [6, 6.07) is 11.4. The van der Waals surface area contributed by atoms with Crippen LogP contribution in [0.4, 0.5) is 5.13 Å². The number of para-hydroxylation sites is 1. The zero-order valence-electron chi connectivity index (χ0n) is 12.2. The summed E-state index contributed by atoms with van der Waals surface area (Å²) in [5, 5.41) is 6.18. The van der Waals surface area contributed by atoms with Crippen molar-refractivity contribution in [1.29, 1.82) is 0 Å². The van der Waals surface area contributed by atoms with Crippen LogP contribution < -0.4 is 5.32 Å². The minimum absolute atomic E-state index is 0.234. The van der Waals surface area contributed by atoms with Crippen LogP contribution in [0.5, 0.6) is 0 Å². The van der Waals surface area contributed by atoms with Gasteiger partial charge in [0, 0.05) is 10.8 Å². The van der Waals surface area contributed by atoms with Crippen LogP contribution in [-0.4, -0.2) is 10.9 Å². The molecule has 114 valence electrons. The monoisotopic (exact) mass is 324 g/mol. The Morgan fingerprint density at radius 3 is 2.91 bits per heavy atom. The highest BCUT2D eigenvalue weighted by Gasteiger charge is 2.15. The van der Waals surface area contributed by atoms with Crippen LogP contribution in [0, 0.1) is 6.92 Å². The van der Waals surface area contributed by atoms with Crippen molar-refractivity contribution in [1.82, 2.24) is 4.98 Å². The number of aromatic nitrogens is 1.